The summed E-state index contributed by atoms with van der Waals surface area (Å²) in [7, 11) is 0. The van der Waals surface area contributed by atoms with E-state index in [1.54, 1.807) is 0 Å². The molecule has 0 unspecified atom stereocenters. The van der Waals surface area contributed by atoms with Gasteiger partial charge in [-0.25, -0.2) is 0 Å². The third-order valence-electron chi connectivity index (χ3n) is 4.85. The molecule has 0 spiro atoms. The van der Waals surface area contributed by atoms with Crippen molar-refractivity contribution in [1.82, 2.24) is 4.90 Å². The first kappa shape index (κ1) is 18.6. The number of hydrogen-bond acceptors (Lipinski definition) is 4. The Hall–Kier alpha value is -2.79. The maximum absolute atomic E-state index is 11.9. The third-order valence-corrected chi connectivity index (χ3v) is 5.71. The molecule has 0 aliphatic carbocycles. The number of carbonyl (C=O) groups excluding carboxylic acids is 2. The number of ether oxygens (including phenoxy) is 1. The Morgan fingerprint density at radius 2 is 1.64 bits per heavy atom. The van der Waals surface area contributed by atoms with E-state index in [0.29, 0.717) is 13.2 Å². The van der Waals surface area contributed by atoms with Crippen molar-refractivity contribution in [3.63, 3.8) is 0 Å². The van der Waals surface area contributed by atoms with Crippen LogP contribution in [0.5, 0.6) is 5.75 Å². The van der Waals surface area contributed by atoms with Crippen molar-refractivity contribution in [3.8, 4) is 5.75 Å². The molecule has 1 aliphatic rings. The summed E-state index contributed by atoms with van der Waals surface area (Å²) in [6.07, 6.45) is 1.92. The van der Waals surface area contributed by atoms with Crippen LogP contribution in [0.4, 0.5) is 4.79 Å². The molecule has 3 aromatic carbocycles. The highest BCUT2D eigenvalue weighted by Crippen LogP contribution is 2.31. The van der Waals surface area contributed by atoms with Gasteiger partial charge in [-0.3, -0.25) is 14.5 Å². The fraction of sp³-hybridized carbons (Fsp3) is 0.217. The van der Waals surface area contributed by atoms with Gasteiger partial charge in [0, 0.05) is 5.39 Å². The minimum Gasteiger partial charge on any atom is -0.493 e. The van der Waals surface area contributed by atoms with Crippen molar-refractivity contribution >= 4 is 33.7 Å². The summed E-state index contributed by atoms with van der Waals surface area (Å²) >= 11 is 1.07. The highest BCUT2D eigenvalue weighted by molar-refractivity contribution is 8.14. The molecular weight excluding hydrogens is 370 g/mol. The molecule has 3 aromatic rings. The van der Waals surface area contributed by atoms with Crippen LogP contribution in [0.3, 0.4) is 0 Å². The smallest absolute Gasteiger partial charge is 0.289 e. The van der Waals surface area contributed by atoms with Gasteiger partial charge >= 0.3 is 0 Å². The molecule has 1 heterocycles. The van der Waals surface area contributed by atoms with E-state index >= 15 is 0 Å². The average molecular weight is 391 g/mol. The monoisotopic (exact) mass is 391 g/mol. The lowest BCUT2D eigenvalue weighted by Crippen LogP contribution is -2.28. The second-order valence-electron chi connectivity index (χ2n) is 6.74. The van der Waals surface area contributed by atoms with Gasteiger partial charge in [0.15, 0.2) is 0 Å². The lowest BCUT2D eigenvalue weighted by Gasteiger charge is -2.16. The highest BCUT2D eigenvalue weighted by Gasteiger charge is 2.30. The predicted octanol–water partition coefficient (Wildman–Crippen LogP) is 5.05. The fourth-order valence-electron chi connectivity index (χ4n) is 3.40. The highest BCUT2D eigenvalue weighted by atomic mass is 32.2. The van der Waals surface area contributed by atoms with Gasteiger partial charge < -0.3 is 4.74 Å². The first-order valence-corrected chi connectivity index (χ1v) is 10.4. The Kier molecular flexibility index (Phi) is 5.63. The van der Waals surface area contributed by atoms with Gasteiger partial charge in [0.25, 0.3) is 5.24 Å². The standard InChI is InChI=1S/C23H21NO3S/c25-22-16-28-23(26)24(22)15-18-12-13-21(20-11-5-4-10-19(18)20)27-14-6-9-17-7-2-1-3-8-17/h1-5,7-8,10-13H,6,9,14-16H2. The van der Waals surface area contributed by atoms with Crippen LogP contribution in [0.1, 0.15) is 17.5 Å². The number of fused-ring (bicyclic) bond motifs is 1. The summed E-state index contributed by atoms with van der Waals surface area (Å²) < 4.78 is 6.06. The van der Waals surface area contributed by atoms with E-state index in [9.17, 15) is 9.59 Å². The van der Waals surface area contributed by atoms with Crippen LogP contribution in [0.15, 0.2) is 66.7 Å². The summed E-state index contributed by atoms with van der Waals surface area (Å²) in [6, 6.07) is 22.3. The second-order valence-corrected chi connectivity index (χ2v) is 7.67. The molecule has 1 fully saturated rings. The number of thioether (sulfide) groups is 1. The molecule has 0 radical (unpaired) electrons. The molecule has 0 aromatic heterocycles. The van der Waals surface area contributed by atoms with Crippen molar-refractivity contribution in [2.75, 3.05) is 12.4 Å². The number of hydrogen-bond donors (Lipinski definition) is 0. The summed E-state index contributed by atoms with van der Waals surface area (Å²) in [5.41, 5.74) is 2.26. The van der Waals surface area contributed by atoms with E-state index in [4.69, 9.17) is 4.74 Å². The maximum Gasteiger partial charge on any atom is 0.289 e. The van der Waals surface area contributed by atoms with Crippen LogP contribution in [-0.4, -0.2) is 28.4 Å². The minimum absolute atomic E-state index is 0.125. The molecule has 4 nitrogen and oxygen atoms in total. The summed E-state index contributed by atoms with van der Waals surface area (Å²) in [4.78, 5) is 25.2. The first-order chi connectivity index (χ1) is 13.7. The van der Waals surface area contributed by atoms with Crippen LogP contribution < -0.4 is 4.74 Å². The molecule has 1 saturated heterocycles. The maximum atomic E-state index is 11.9. The Labute approximate surface area is 168 Å². The Bertz CT molecular complexity index is 987. The van der Waals surface area contributed by atoms with Crippen molar-refractivity contribution in [1.29, 1.82) is 0 Å². The number of rotatable bonds is 7. The van der Waals surface area contributed by atoms with Crippen molar-refractivity contribution in [2.45, 2.75) is 19.4 Å². The fourth-order valence-corrected chi connectivity index (χ4v) is 4.13. The normalized spacial score (nSPS) is 14.1. The van der Waals surface area contributed by atoms with E-state index < -0.39 is 0 Å². The molecule has 142 valence electrons. The second kappa shape index (κ2) is 8.48. The molecule has 0 bridgehead atoms. The summed E-state index contributed by atoms with van der Waals surface area (Å²) in [5.74, 6) is 0.945. The van der Waals surface area contributed by atoms with Crippen LogP contribution in [0.25, 0.3) is 10.8 Å². The molecule has 28 heavy (non-hydrogen) atoms. The number of carbonyl (C=O) groups is 2. The number of benzene rings is 3. The largest absolute Gasteiger partial charge is 0.493 e. The van der Waals surface area contributed by atoms with Gasteiger partial charge in [-0.05, 0) is 35.4 Å². The quantitative estimate of drug-likeness (QED) is 0.529. The van der Waals surface area contributed by atoms with Gasteiger partial charge in [0.2, 0.25) is 5.91 Å². The Balaban J connectivity index is 1.48. The lowest BCUT2D eigenvalue weighted by molar-refractivity contribution is -0.124. The number of amides is 2. The zero-order valence-corrected chi connectivity index (χ0v) is 16.3. The molecule has 5 heteroatoms. The SMILES string of the molecule is O=C1CSC(=O)N1Cc1ccc(OCCCc2ccccc2)c2ccccc12. The number of imide groups is 1. The van der Waals surface area contributed by atoms with Gasteiger partial charge in [-0.1, -0.05) is 72.4 Å². The van der Waals surface area contributed by atoms with E-state index in [1.165, 1.54) is 10.5 Å². The molecule has 2 amide bonds. The molecule has 0 N–H and O–H groups in total. The summed E-state index contributed by atoms with van der Waals surface area (Å²) in [5, 5.41) is 1.85. The zero-order valence-electron chi connectivity index (χ0n) is 15.5. The molecule has 4 rings (SSSR count). The van der Waals surface area contributed by atoms with Gasteiger partial charge in [0.05, 0.1) is 18.9 Å². The van der Waals surface area contributed by atoms with Crippen molar-refractivity contribution in [2.24, 2.45) is 0 Å². The Morgan fingerprint density at radius 3 is 2.39 bits per heavy atom. The molecule has 0 saturated carbocycles. The van der Waals surface area contributed by atoms with Crippen LogP contribution in [0.2, 0.25) is 0 Å². The number of nitrogens with zero attached hydrogens (tertiary/aromatic N) is 1. The molecular formula is C23H21NO3S. The van der Waals surface area contributed by atoms with Crippen LogP contribution in [0, 0.1) is 0 Å². The van der Waals surface area contributed by atoms with Crippen LogP contribution in [-0.2, 0) is 17.8 Å². The predicted molar refractivity (Wildman–Crippen MR) is 113 cm³/mol. The molecule has 0 atom stereocenters. The van der Waals surface area contributed by atoms with E-state index in [2.05, 4.69) is 24.3 Å². The average Bonchev–Trinajstić information content (AvgIpc) is 3.05. The van der Waals surface area contributed by atoms with E-state index in [-0.39, 0.29) is 16.9 Å². The van der Waals surface area contributed by atoms with Crippen molar-refractivity contribution in [3.05, 3.63) is 77.9 Å². The zero-order chi connectivity index (χ0) is 19.3. The molecule has 1 aliphatic heterocycles. The Morgan fingerprint density at radius 1 is 0.893 bits per heavy atom. The van der Waals surface area contributed by atoms with Crippen molar-refractivity contribution < 1.29 is 14.3 Å². The van der Waals surface area contributed by atoms with Gasteiger partial charge in [-0.2, -0.15) is 0 Å². The third kappa shape index (κ3) is 4.04. The first-order valence-electron chi connectivity index (χ1n) is 9.37. The van der Waals surface area contributed by atoms with E-state index in [0.717, 1.165) is 46.7 Å². The summed E-state index contributed by atoms with van der Waals surface area (Å²) in [6.45, 7) is 0.942. The minimum atomic E-state index is -0.171. The van der Waals surface area contributed by atoms with E-state index in [1.807, 2.05) is 42.5 Å². The van der Waals surface area contributed by atoms with Gasteiger partial charge in [-0.15, -0.1) is 0 Å². The lowest BCUT2D eigenvalue weighted by atomic mass is 10.0. The van der Waals surface area contributed by atoms with Gasteiger partial charge in [0.1, 0.15) is 5.75 Å². The topological polar surface area (TPSA) is 46.6 Å². The number of aryl methyl sites for hydroxylation is 1. The van der Waals surface area contributed by atoms with Crippen LogP contribution >= 0.6 is 11.8 Å².